The zero-order valence-electron chi connectivity index (χ0n) is 9.51. The Balaban J connectivity index is 2.66. The molecule has 0 amide bonds. The summed E-state index contributed by atoms with van der Waals surface area (Å²) in [5.74, 6) is 0. The van der Waals surface area contributed by atoms with Crippen molar-refractivity contribution in [3.8, 4) is 0 Å². The summed E-state index contributed by atoms with van der Waals surface area (Å²) in [4.78, 5) is 0. The van der Waals surface area contributed by atoms with E-state index in [1.54, 1.807) is 6.92 Å². The van der Waals surface area contributed by atoms with Gasteiger partial charge in [-0.05, 0) is 19.4 Å². The topological polar surface area (TPSA) is 50.4 Å². The molecule has 0 bridgehead atoms. The number of fused-ring (bicyclic) bond motifs is 1. The molecular formula is C12H15N3O. The summed E-state index contributed by atoms with van der Waals surface area (Å²) in [6, 6.07) is 7.99. The lowest BCUT2D eigenvalue weighted by Gasteiger charge is -1.98. The van der Waals surface area contributed by atoms with E-state index in [9.17, 15) is 0 Å². The molecule has 4 heteroatoms. The van der Waals surface area contributed by atoms with Crippen LogP contribution >= 0.6 is 0 Å². The number of aromatic nitrogens is 2. The van der Waals surface area contributed by atoms with Gasteiger partial charge in [0.25, 0.3) is 0 Å². The van der Waals surface area contributed by atoms with Gasteiger partial charge >= 0.3 is 0 Å². The van der Waals surface area contributed by atoms with E-state index in [0.717, 1.165) is 29.6 Å². The Morgan fingerprint density at radius 1 is 1.44 bits per heavy atom. The summed E-state index contributed by atoms with van der Waals surface area (Å²) in [6.07, 6.45) is 1.03. The number of rotatable bonds is 3. The van der Waals surface area contributed by atoms with Crippen molar-refractivity contribution >= 4 is 16.6 Å². The van der Waals surface area contributed by atoms with Crippen molar-refractivity contribution in [1.29, 1.82) is 0 Å². The van der Waals surface area contributed by atoms with Crippen molar-refractivity contribution in [2.45, 2.75) is 26.8 Å². The second-order valence-corrected chi connectivity index (χ2v) is 3.77. The Labute approximate surface area is 94.2 Å². The molecule has 0 spiro atoms. The van der Waals surface area contributed by atoms with Gasteiger partial charge in [0.15, 0.2) is 0 Å². The first-order valence-electron chi connectivity index (χ1n) is 5.42. The minimum atomic E-state index is 0.547. The van der Waals surface area contributed by atoms with Gasteiger partial charge in [-0.2, -0.15) is 5.10 Å². The predicted octanol–water partition coefficient (Wildman–Crippen LogP) is 2.64. The fourth-order valence-electron chi connectivity index (χ4n) is 1.82. The van der Waals surface area contributed by atoms with Gasteiger partial charge in [-0.1, -0.05) is 30.3 Å². The number of para-hydroxylation sites is 1. The molecule has 0 saturated heterocycles. The molecule has 1 aromatic carbocycles. The molecule has 0 aliphatic rings. The first kappa shape index (κ1) is 10.7. The molecule has 2 rings (SSSR count). The second kappa shape index (κ2) is 4.35. The summed E-state index contributed by atoms with van der Waals surface area (Å²) >= 11 is 0. The Bertz CT molecular complexity index is 528. The highest BCUT2D eigenvalue weighted by atomic mass is 16.4. The van der Waals surface area contributed by atoms with Crippen LogP contribution in [-0.4, -0.2) is 20.7 Å². The lowest BCUT2D eigenvalue weighted by molar-refractivity contribution is 0.319. The van der Waals surface area contributed by atoms with Crippen LogP contribution in [0.4, 0.5) is 0 Å². The lowest BCUT2D eigenvalue weighted by Crippen LogP contribution is -2.01. The molecule has 1 aromatic heterocycles. The van der Waals surface area contributed by atoms with Gasteiger partial charge < -0.3 is 5.21 Å². The number of hydrogen-bond donors (Lipinski definition) is 1. The van der Waals surface area contributed by atoms with Crippen LogP contribution in [0.5, 0.6) is 0 Å². The highest BCUT2D eigenvalue weighted by Crippen LogP contribution is 2.19. The van der Waals surface area contributed by atoms with Gasteiger partial charge in [0.1, 0.15) is 11.4 Å². The van der Waals surface area contributed by atoms with Crippen LogP contribution in [-0.2, 0) is 6.54 Å². The van der Waals surface area contributed by atoms with Crippen molar-refractivity contribution in [1.82, 2.24) is 9.78 Å². The van der Waals surface area contributed by atoms with Crippen LogP contribution in [0, 0.1) is 0 Å². The quantitative estimate of drug-likeness (QED) is 0.488. The first-order valence-corrected chi connectivity index (χ1v) is 5.42. The molecule has 84 valence electrons. The number of aryl methyl sites for hydroxylation is 1. The van der Waals surface area contributed by atoms with E-state index in [1.807, 2.05) is 28.9 Å². The molecule has 0 unspecified atom stereocenters. The summed E-state index contributed by atoms with van der Waals surface area (Å²) in [5, 5.41) is 17.6. The zero-order chi connectivity index (χ0) is 11.5. The standard InChI is InChI=1S/C12H15N3O/c1-3-8-15-11-7-5-4-6-10(11)12(13-15)9(2)14-16/h4-7,16H,3,8H2,1-2H3/b14-9+. The van der Waals surface area contributed by atoms with E-state index in [-0.39, 0.29) is 0 Å². The van der Waals surface area contributed by atoms with E-state index >= 15 is 0 Å². The molecule has 0 fully saturated rings. The maximum atomic E-state index is 8.83. The SMILES string of the molecule is CCCn1nc(/C(C)=N/O)c2ccccc21. The van der Waals surface area contributed by atoms with Gasteiger partial charge in [-0.25, -0.2) is 0 Å². The average Bonchev–Trinajstić information content (AvgIpc) is 2.68. The molecule has 0 aliphatic carbocycles. The van der Waals surface area contributed by atoms with Crippen LogP contribution in [0.25, 0.3) is 10.9 Å². The van der Waals surface area contributed by atoms with Gasteiger partial charge in [0.05, 0.1) is 5.52 Å². The van der Waals surface area contributed by atoms with Gasteiger partial charge in [-0.3, -0.25) is 4.68 Å². The van der Waals surface area contributed by atoms with Crippen LogP contribution < -0.4 is 0 Å². The second-order valence-electron chi connectivity index (χ2n) is 3.77. The number of benzene rings is 1. The maximum Gasteiger partial charge on any atom is 0.117 e. The Hall–Kier alpha value is -1.84. The Kier molecular flexibility index (Phi) is 2.90. The average molecular weight is 217 g/mol. The number of hydrogen-bond acceptors (Lipinski definition) is 3. The van der Waals surface area contributed by atoms with Crippen molar-refractivity contribution in [3.05, 3.63) is 30.0 Å². The highest BCUT2D eigenvalue weighted by molar-refractivity contribution is 6.07. The molecule has 1 heterocycles. The first-order chi connectivity index (χ1) is 7.77. The van der Waals surface area contributed by atoms with E-state index < -0.39 is 0 Å². The monoisotopic (exact) mass is 217 g/mol. The summed E-state index contributed by atoms with van der Waals surface area (Å²) in [6.45, 7) is 4.74. The Morgan fingerprint density at radius 2 is 2.19 bits per heavy atom. The van der Waals surface area contributed by atoms with Crippen molar-refractivity contribution < 1.29 is 5.21 Å². The molecule has 4 nitrogen and oxygen atoms in total. The third kappa shape index (κ3) is 1.66. The third-order valence-corrected chi connectivity index (χ3v) is 2.59. The zero-order valence-corrected chi connectivity index (χ0v) is 9.51. The van der Waals surface area contributed by atoms with Crippen LogP contribution in [0.1, 0.15) is 26.0 Å². The molecule has 2 aromatic rings. The fraction of sp³-hybridized carbons (Fsp3) is 0.333. The molecular weight excluding hydrogens is 202 g/mol. The largest absolute Gasteiger partial charge is 0.411 e. The minimum absolute atomic E-state index is 0.547. The van der Waals surface area contributed by atoms with Crippen molar-refractivity contribution in [2.24, 2.45) is 5.16 Å². The molecule has 0 aliphatic heterocycles. The van der Waals surface area contributed by atoms with E-state index in [4.69, 9.17) is 5.21 Å². The van der Waals surface area contributed by atoms with Crippen LogP contribution in [0.15, 0.2) is 29.4 Å². The van der Waals surface area contributed by atoms with Gasteiger partial charge in [0.2, 0.25) is 0 Å². The van der Waals surface area contributed by atoms with E-state index in [2.05, 4.69) is 17.2 Å². The molecule has 16 heavy (non-hydrogen) atoms. The van der Waals surface area contributed by atoms with Crippen LogP contribution in [0.2, 0.25) is 0 Å². The summed E-state index contributed by atoms with van der Waals surface area (Å²) in [5.41, 5.74) is 2.39. The van der Waals surface area contributed by atoms with Crippen molar-refractivity contribution in [3.63, 3.8) is 0 Å². The molecule has 1 N–H and O–H groups in total. The van der Waals surface area contributed by atoms with E-state index in [0.29, 0.717) is 5.71 Å². The predicted molar refractivity (Wildman–Crippen MR) is 64.0 cm³/mol. The molecule has 0 saturated carbocycles. The normalized spacial score (nSPS) is 12.2. The van der Waals surface area contributed by atoms with Crippen molar-refractivity contribution in [2.75, 3.05) is 0 Å². The number of oxime groups is 1. The van der Waals surface area contributed by atoms with E-state index in [1.165, 1.54) is 0 Å². The van der Waals surface area contributed by atoms with Gasteiger partial charge in [-0.15, -0.1) is 0 Å². The summed E-state index contributed by atoms with van der Waals surface area (Å²) < 4.78 is 1.96. The van der Waals surface area contributed by atoms with Gasteiger partial charge in [0, 0.05) is 11.9 Å². The molecule has 0 atom stereocenters. The fourth-order valence-corrected chi connectivity index (χ4v) is 1.82. The summed E-state index contributed by atoms with van der Waals surface area (Å²) in [7, 11) is 0. The molecule has 0 radical (unpaired) electrons. The lowest BCUT2D eigenvalue weighted by atomic mass is 10.1. The van der Waals surface area contributed by atoms with Crippen LogP contribution in [0.3, 0.4) is 0 Å². The number of nitrogens with zero attached hydrogens (tertiary/aromatic N) is 3. The highest BCUT2D eigenvalue weighted by Gasteiger charge is 2.11. The Morgan fingerprint density at radius 3 is 2.88 bits per heavy atom. The smallest absolute Gasteiger partial charge is 0.117 e. The minimum Gasteiger partial charge on any atom is -0.411 e. The maximum absolute atomic E-state index is 8.83. The third-order valence-electron chi connectivity index (χ3n) is 2.59.